The molecule has 0 saturated heterocycles. The van der Waals surface area contributed by atoms with Gasteiger partial charge in [-0.15, -0.1) is 20.4 Å². The van der Waals surface area contributed by atoms with Crippen LogP contribution in [0.1, 0.15) is 30.5 Å². The van der Waals surface area contributed by atoms with Crippen LogP contribution in [0.4, 0.5) is 0 Å². The summed E-state index contributed by atoms with van der Waals surface area (Å²) in [6.45, 7) is 0.439. The molecule has 1 fully saturated rings. The van der Waals surface area contributed by atoms with Crippen LogP contribution in [0.25, 0.3) is 0 Å². The molecule has 2 N–H and O–H groups in total. The summed E-state index contributed by atoms with van der Waals surface area (Å²) in [4.78, 5) is 0. The van der Waals surface area contributed by atoms with Gasteiger partial charge in [0.05, 0.1) is 12.3 Å². The average molecular weight is 265 g/mol. The lowest BCUT2D eigenvalue weighted by atomic mass is 10.5. The highest BCUT2D eigenvalue weighted by molar-refractivity contribution is 7.98. The molecular formula is C10H15N7S. The predicted molar refractivity (Wildman–Crippen MR) is 66.7 cm³/mol. The maximum absolute atomic E-state index is 5.69. The molecule has 0 radical (unpaired) electrons. The van der Waals surface area contributed by atoms with E-state index in [-0.39, 0.29) is 0 Å². The summed E-state index contributed by atoms with van der Waals surface area (Å²) in [6.07, 6.45) is 4.10. The highest BCUT2D eigenvalue weighted by Crippen LogP contribution is 2.39. The van der Waals surface area contributed by atoms with Crippen molar-refractivity contribution in [2.75, 3.05) is 0 Å². The Morgan fingerprint density at radius 3 is 2.78 bits per heavy atom. The molecule has 2 aromatic rings. The third-order valence-electron chi connectivity index (χ3n) is 2.97. The lowest BCUT2D eigenvalue weighted by Gasteiger charge is -2.06. The van der Waals surface area contributed by atoms with Crippen LogP contribution in [0.15, 0.2) is 11.5 Å². The van der Waals surface area contributed by atoms with Crippen LogP contribution in [0.2, 0.25) is 0 Å². The summed E-state index contributed by atoms with van der Waals surface area (Å²) in [6, 6.07) is 0.542. The zero-order chi connectivity index (χ0) is 12.5. The summed E-state index contributed by atoms with van der Waals surface area (Å²) in [5, 5.41) is 17.2. The maximum Gasteiger partial charge on any atom is 0.191 e. The molecule has 1 aliphatic rings. The van der Waals surface area contributed by atoms with Crippen LogP contribution in [0.3, 0.4) is 0 Å². The van der Waals surface area contributed by atoms with Crippen LogP contribution in [0, 0.1) is 0 Å². The summed E-state index contributed by atoms with van der Waals surface area (Å²) < 4.78 is 4.08. The van der Waals surface area contributed by atoms with Crippen molar-refractivity contribution in [3.63, 3.8) is 0 Å². The first-order valence-electron chi connectivity index (χ1n) is 5.89. The van der Waals surface area contributed by atoms with Gasteiger partial charge >= 0.3 is 0 Å². The molecule has 0 spiro atoms. The lowest BCUT2D eigenvalue weighted by Crippen LogP contribution is -2.08. The molecule has 2 heterocycles. The average Bonchev–Trinajstić information content (AvgIpc) is 3.00. The van der Waals surface area contributed by atoms with Crippen LogP contribution in [-0.4, -0.2) is 29.5 Å². The van der Waals surface area contributed by atoms with E-state index in [0.717, 1.165) is 22.6 Å². The van der Waals surface area contributed by atoms with Gasteiger partial charge in [-0.05, 0) is 12.8 Å². The fourth-order valence-corrected chi connectivity index (χ4v) is 2.82. The number of aryl methyl sites for hydroxylation is 1. The Morgan fingerprint density at radius 2 is 2.17 bits per heavy atom. The molecule has 18 heavy (non-hydrogen) atoms. The molecule has 0 amide bonds. The molecule has 0 aliphatic heterocycles. The van der Waals surface area contributed by atoms with Crippen molar-refractivity contribution in [2.24, 2.45) is 12.8 Å². The lowest BCUT2D eigenvalue weighted by molar-refractivity contribution is 0.626. The third-order valence-corrected chi connectivity index (χ3v) is 3.90. The van der Waals surface area contributed by atoms with Gasteiger partial charge in [-0.25, -0.2) is 0 Å². The van der Waals surface area contributed by atoms with Crippen LogP contribution in [0.5, 0.6) is 0 Å². The van der Waals surface area contributed by atoms with Crippen molar-refractivity contribution in [1.82, 2.24) is 29.5 Å². The number of thioether (sulfide) groups is 1. The quantitative estimate of drug-likeness (QED) is 0.792. The monoisotopic (exact) mass is 265 g/mol. The van der Waals surface area contributed by atoms with Crippen molar-refractivity contribution in [3.8, 4) is 0 Å². The fourth-order valence-electron chi connectivity index (χ4n) is 1.81. The largest absolute Gasteiger partial charge is 0.324 e. The number of hydrogen-bond donors (Lipinski definition) is 1. The maximum atomic E-state index is 5.69. The van der Waals surface area contributed by atoms with Crippen molar-refractivity contribution >= 4 is 11.8 Å². The molecule has 0 aromatic carbocycles. The first kappa shape index (κ1) is 11.7. The van der Waals surface area contributed by atoms with Gasteiger partial charge in [0, 0.05) is 13.1 Å². The summed E-state index contributed by atoms with van der Waals surface area (Å²) in [5.41, 5.74) is 5.69. The van der Waals surface area contributed by atoms with E-state index in [1.807, 2.05) is 11.6 Å². The van der Waals surface area contributed by atoms with Gasteiger partial charge in [-0.2, -0.15) is 0 Å². The minimum absolute atomic E-state index is 0.439. The minimum atomic E-state index is 0.439. The van der Waals surface area contributed by atoms with Crippen molar-refractivity contribution < 1.29 is 0 Å². The summed E-state index contributed by atoms with van der Waals surface area (Å²) in [5.74, 6) is 2.55. The molecule has 96 valence electrons. The first-order valence-corrected chi connectivity index (χ1v) is 6.87. The third kappa shape index (κ3) is 2.13. The molecule has 0 bridgehead atoms. The Morgan fingerprint density at radius 1 is 1.33 bits per heavy atom. The van der Waals surface area contributed by atoms with E-state index in [1.165, 1.54) is 12.8 Å². The summed E-state index contributed by atoms with van der Waals surface area (Å²) >= 11 is 1.63. The summed E-state index contributed by atoms with van der Waals surface area (Å²) in [7, 11) is 1.94. The van der Waals surface area contributed by atoms with E-state index >= 15 is 0 Å². The highest BCUT2D eigenvalue weighted by Gasteiger charge is 2.29. The molecule has 7 nitrogen and oxygen atoms in total. The van der Waals surface area contributed by atoms with Crippen LogP contribution >= 0.6 is 11.8 Å². The van der Waals surface area contributed by atoms with Crippen molar-refractivity contribution in [3.05, 3.63) is 18.0 Å². The topological polar surface area (TPSA) is 87.4 Å². The number of hydrogen-bond acceptors (Lipinski definition) is 6. The molecule has 0 unspecified atom stereocenters. The number of aromatic nitrogens is 6. The van der Waals surface area contributed by atoms with E-state index in [4.69, 9.17) is 5.73 Å². The molecule has 1 aliphatic carbocycles. The molecule has 1 saturated carbocycles. The fraction of sp³-hybridized carbons (Fsp3) is 0.600. The van der Waals surface area contributed by atoms with E-state index in [1.54, 1.807) is 18.1 Å². The van der Waals surface area contributed by atoms with E-state index in [9.17, 15) is 0 Å². The normalized spacial score (nSPS) is 15.2. The Labute approximate surface area is 109 Å². The number of rotatable bonds is 5. The van der Waals surface area contributed by atoms with Gasteiger partial charge in [0.2, 0.25) is 0 Å². The smallest absolute Gasteiger partial charge is 0.191 e. The van der Waals surface area contributed by atoms with Gasteiger partial charge in [-0.3, -0.25) is 0 Å². The molecule has 2 aromatic heterocycles. The van der Waals surface area contributed by atoms with E-state index in [0.29, 0.717) is 12.6 Å². The Balaban J connectivity index is 1.76. The number of nitrogens with zero attached hydrogens (tertiary/aromatic N) is 6. The Bertz CT molecular complexity index is 542. The second kappa shape index (κ2) is 4.69. The highest BCUT2D eigenvalue weighted by atomic mass is 32.2. The van der Waals surface area contributed by atoms with Crippen molar-refractivity contribution in [1.29, 1.82) is 0 Å². The zero-order valence-corrected chi connectivity index (χ0v) is 11.0. The standard InChI is InChI=1S/C10H15N7S/c1-16-6-12-13-9(16)5-18-10-15-14-8(4-11)17(10)7-2-3-7/h6-7H,2-5,11H2,1H3. The molecule has 3 rings (SSSR count). The predicted octanol–water partition coefficient (Wildman–Crippen LogP) is 0.492. The first-order chi connectivity index (χ1) is 8.79. The van der Waals surface area contributed by atoms with Gasteiger partial charge in [0.15, 0.2) is 5.16 Å². The van der Waals surface area contributed by atoms with Gasteiger partial charge in [0.1, 0.15) is 18.0 Å². The van der Waals surface area contributed by atoms with Gasteiger partial charge < -0.3 is 14.9 Å². The minimum Gasteiger partial charge on any atom is -0.324 e. The molecular weight excluding hydrogens is 250 g/mol. The zero-order valence-electron chi connectivity index (χ0n) is 10.2. The van der Waals surface area contributed by atoms with Crippen LogP contribution < -0.4 is 5.73 Å². The van der Waals surface area contributed by atoms with E-state index < -0.39 is 0 Å². The van der Waals surface area contributed by atoms with E-state index in [2.05, 4.69) is 25.0 Å². The Kier molecular flexibility index (Phi) is 3.04. The second-order valence-corrected chi connectivity index (χ2v) is 5.29. The number of nitrogens with two attached hydrogens (primary N) is 1. The Hall–Kier alpha value is -1.41. The molecule has 8 heteroatoms. The second-order valence-electron chi connectivity index (χ2n) is 4.35. The molecule has 0 atom stereocenters. The SMILES string of the molecule is Cn1cnnc1CSc1nnc(CN)n1C1CC1. The van der Waals surface area contributed by atoms with Crippen LogP contribution in [-0.2, 0) is 19.3 Å². The van der Waals surface area contributed by atoms with Crippen molar-refractivity contribution in [2.45, 2.75) is 36.3 Å². The van der Waals surface area contributed by atoms with Gasteiger partial charge in [-0.1, -0.05) is 11.8 Å². The van der Waals surface area contributed by atoms with Gasteiger partial charge in [0.25, 0.3) is 0 Å².